The van der Waals surface area contributed by atoms with Crippen molar-refractivity contribution in [2.24, 2.45) is 13.0 Å². The summed E-state index contributed by atoms with van der Waals surface area (Å²) in [5, 5.41) is 10.1. The first-order valence-corrected chi connectivity index (χ1v) is 21.1. The van der Waals surface area contributed by atoms with Crippen molar-refractivity contribution in [3.8, 4) is 16.9 Å². The lowest BCUT2D eigenvalue weighted by atomic mass is 10.0. The van der Waals surface area contributed by atoms with Gasteiger partial charge in [-0.05, 0) is 66.4 Å². The second-order valence-corrected chi connectivity index (χ2v) is 17.5. The van der Waals surface area contributed by atoms with E-state index in [1.807, 2.05) is 0 Å². The minimum Gasteiger partial charge on any atom is -0.344 e. The molecule has 0 bridgehead atoms. The van der Waals surface area contributed by atoms with Crippen LogP contribution in [0.2, 0.25) is 5.02 Å². The fourth-order valence-corrected chi connectivity index (χ4v) is 9.06. The number of rotatable bonds is 11. The highest BCUT2D eigenvalue weighted by molar-refractivity contribution is 7.92. The highest BCUT2D eigenvalue weighted by Crippen LogP contribution is 2.68. The van der Waals surface area contributed by atoms with Crippen molar-refractivity contribution in [1.29, 1.82) is 0 Å². The number of anilines is 1. The third-order valence-corrected chi connectivity index (χ3v) is 11.8. The summed E-state index contributed by atoms with van der Waals surface area (Å²) in [4.78, 5) is 37.9. The highest BCUT2D eigenvalue weighted by Gasteiger charge is 2.67. The van der Waals surface area contributed by atoms with E-state index in [0.717, 1.165) is 27.6 Å². The SMILES string of the molecule is Cn1nc(NS(C)(=O)=O)c2c(Cl)ccc(-n3c([C@H](Cc4cc(F)cc(F)c4)NC(=O)Cn4nc(C(F)F)c5c4C(F)(F)C4CC54)nc4nc(-c5cc(F)c(F)c(F)c5)ccc4c3=O)c21. The number of amides is 1. The highest BCUT2D eigenvalue weighted by atomic mass is 35.5. The molecule has 1 amide bonds. The number of aromatic nitrogens is 7. The van der Waals surface area contributed by atoms with E-state index in [1.54, 1.807) is 0 Å². The second-order valence-electron chi connectivity index (χ2n) is 15.3. The number of pyridine rings is 1. The van der Waals surface area contributed by atoms with Gasteiger partial charge in [0.25, 0.3) is 17.9 Å². The van der Waals surface area contributed by atoms with Crippen molar-refractivity contribution in [3.63, 3.8) is 0 Å². The molecule has 2 aliphatic carbocycles. The molecule has 3 aromatic carbocycles. The van der Waals surface area contributed by atoms with E-state index in [-0.39, 0.29) is 61.6 Å². The zero-order valence-corrected chi connectivity index (χ0v) is 34.2. The molecule has 2 N–H and O–H groups in total. The van der Waals surface area contributed by atoms with Crippen LogP contribution in [0.1, 0.15) is 53.1 Å². The number of alkyl halides is 4. The molecule has 7 aromatic rings. The van der Waals surface area contributed by atoms with Crippen molar-refractivity contribution in [1.82, 2.24) is 39.4 Å². The summed E-state index contributed by atoms with van der Waals surface area (Å²) in [6, 6.07) is 6.76. The number of hydrogen-bond acceptors (Lipinski definition) is 8. The Balaban J connectivity index is 1.27. The first-order chi connectivity index (χ1) is 30.1. The molecule has 0 saturated heterocycles. The van der Waals surface area contributed by atoms with E-state index in [9.17, 15) is 48.7 Å². The fraction of sp³-hybridized carbons (Fsp3) is 0.250. The van der Waals surface area contributed by atoms with Crippen molar-refractivity contribution >= 4 is 55.3 Å². The van der Waals surface area contributed by atoms with Crippen molar-refractivity contribution in [3.05, 3.63) is 127 Å². The number of carbonyl (C=O) groups is 1. The number of hydrogen-bond donors (Lipinski definition) is 2. The summed E-state index contributed by atoms with van der Waals surface area (Å²) in [6.07, 6.45) is -3.10. The Morgan fingerprint density at radius 1 is 0.969 bits per heavy atom. The van der Waals surface area contributed by atoms with E-state index in [0.29, 0.717) is 22.9 Å². The molecule has 332 valence electrons. The minimum absolute atomic E-state index is 0.0145. The fourth-order valence-electron chi connectivity index (χ4n) is 8.32. The van der Waals surface area contributed by atoms with Crippen molar-refractivity contribution in [2.45, 2.75) is 43.7 Å². The van der Waals surface area contributed by atoms with Gasteiger partial charge in [0.1, 0.15) is 35.4 Å². The van der Waals surface area contributed by atoms with Crippen molar-refractivity contribution in [2.75, 3.05) is 11.0 Å². The Labute approximate surface area is 358 Å². The van der Waals surface area contributed by atoms with Gasteiger partial charge in [-0.25, -0.2) is 49.1 Å². The van der Waals surface area contributed by atoms with Gasteiger partial charge in [-0.3, -0.25) is 28.2 Å². The molecule has 4 aromatic heterocycles. The molecule has 1 saturated carbocycles. The van der Waals surface area contributed by atoms with E-state index in [2.05, 4.69) is 30.2 Å². The number of carbonyl (C=O) groups excluding carboxylic acids is 1. The second kappa shape index (κ2) is 15.1. The third-order valence-electron chi connectivity index (χ3n) is 10.9. The number of nitrogens with one attached hydrogen (secondary N) is 2. The van der Waals surface area contributed by atoms with Crippen LogP contribution >= 0.6 is 11.6 Å². The number of fused-ring (bicyclic) bond motifs is 5. The molecule has 1 fully saturated rings. The molecular weight excluding hydrogens is 909 g/mol. The van der Waals surface area contributed by atoms with Gasteiger partial charge in [0.05, 0.1) is 45.0 Å². The Kier molecular flexibility index (Phi) is 10.1. The maximum atomic E-state index is 15.5. The van der Waals surface area contributed by atoms with Crippen LogP contribution in [-0.2, 0) is 40.8 Å². The average molecular weight is 936 g/mol. The zero-order chi connectivity index (χ0) is 45.9. The van der Waals surface area contributed by atoms with Crippen LogP contribution in [0.3, 0.4) is 0 Å². The first kappa shape index (κ1) is 42.8. The molecule has 9 rings (SSSR count). The van der Waals surface area contributed by atoms with Crippen LogP contribution in [0.4, 0.5) is 45.3 Å². The molecule has 3 atom stereocenters. The Morgan fingerprint density at radius 3 is 2.31 bits per heavy atom. The predicted octanol–water partition coefficient (Wildman–Crippen LogP) is 7.50. The van der Waals surface area contributed by atoms with Gasteiger partial charge in [0, 0.05) is 36.6 Å². The minimum atomic E-state index is -3.99. The third kappa shape index (κ3) is 7.28. The van der Waals surface area contributed by atoms with Gasteiger partial charge < -0.3 is 5.32 Å². The van der Waals surface area contributed by atoms with Gasteiger partial charge in [-0.1, -0.05) is 11.6 Å². The van der Waals surface area contributed by atoms with Gasteiger partial charge in [-0.2, -0.15) is 19.0 Å². The molecule has 0 spiro atoms. The smallest absolute Gasteiger partial charge is 0.293 e. The van der Waals surface area contributed by atoms with Gasteiger partial charge in [0.15, 0.2) is 28.9 Å². The molecule has 2 aliphatic rings. The standard InChI is InChI=1S/C40H27ClF9N9O4S/c1-57-33-27(6-4-22(41)30(33)37(55-57)56-64(2,62)63)59-38(53-36-19(39(59)61)3-5-25(52-36)16-10-23(44)31(46)24(45)11-16)26(9-15-7-17(42)12-18(43)8-15)51-28(60)14-58-34-29(32(54-58)35(47)48)20-13-21(20)40(34,49)50/h3-8,10-12,20-21,26,35H,9,13-14H2,1-2H3,(H,51,60)(H,55,56)/t20?,21?,26-/m0/s1. The molecule has 0 radical (unpaired) electrons. The topological polar surface area (TPSA) is 159 Å². The van der Waals surface area contributed by atoms with Gasteiger partial charge >= 0.3 is 0 Å². The van der Waals surface area contributed by atoms with E-state index < -0.39 is 117 Å². The van der Waals surface area contributed by atoms with Gasteiger partial charge in [-0.15, -0.1) is 0 Å². The molecule has 2 unspecified atom stereocenters. The quantitative estimate of drug-likeness (QED) is 0.0998. The van der Waals surface area contributed by atoms with Crippen LogP contribution in [0.15, 0.2) is 59.4 Å². The number of benzene rings is 3. The van der Waals surface area contributed by atoms with E-state index in [1.165, 1.54) is 31.3 Å². The summed E-state index contributed by atoms with van der Waals surface area (Å²) in [5.74, 6) is -14.8. The maximum Gasteiger partial charge on any atom is 0.293 e. The molecule has 64 heavy (non-hydrogen) atoms. The molecule has 0 aliphatic heterocycles. The molecular formula is C40H27ClF9N9O4S. The van der Waals surface area contributed by atoms with E-state index in [4.69, 9.17) is 11.6 Å². The Bertz CT molecular complexity index is 3280. The average Bonchev–Trinajstić information content (AvgIpc) is 3.74. The normalized spacial score (nSPS) is 17.0. The van der Waals surface area contributed by atoms with Crippen LogP contribution < -0.4 is 15.6 Å². The molecule has 4 heterocycles. The van der Waals surface area contributed by atoms with Crippen LogP contribution in [0.5, 0.6) is 0 Å². The summed E-state index contributed by atoms with van der Waals surface area (Å²) >= 11 is 6.57. The van der Waals surface area contributed by atoms with Crippen LogP contribution in [-0.4, -0.2) is 54.7 Å². The summed E-state index contributed by atoms with van der Waals surface area (Å²) in [6.45, 7) is -1.09. The van der Waals surface area contributed by atoms with Crippen LogP contribution in [0.25, 0.3) is 38.9 Å². The lowest BCUT2D eigenvalue weighted by molar-refractivity contribution is -0.123. The Hall–Kier alpha value is -6.49. The summed E-state index contributed by atoms with van der Waals surface area (Å²) in [5.41, 5.74) is -4.40. The zero-order valence-electron chi connectivity index (χ0n) is 32.6. The number of aryl methyl sites for hydroxylation is 1. The van der Waals surface area contributed by atoms with E-state index >= 15 is 8.78 Å². The molecule has 24 heteroatoms. The van der Waals surface area contributed by atoms with Gasteiger partial charge in [0.2, 0.25) is 15.9 Å². The van der Waals surface area contributed by atoms with Crippen molar-refractivity contribution < 1.29 is 52.7 Å². The maximum absolute atomic E-state index is 15.5. The number of halogens is 10. The lowest BCUT2D eigenvalue weighted by Crippen LogP contribution is -2.38. The predicted molar refractivity (Wildman–Crippen MR) is 211 cm³/mol. The monoisotopic (exact) mass is 935 g/mol. The van der Waals surface area contributed by atoms with Crippen LogP contribution in [0, 0.1) is 35.0 Å². The number of nitrogens with zero attached hydrogens (tertiary/aromatic N) is 7. The number of sulfonamides is 1. The Morgan fingerprint density at radius 2 is 1.66 bits per heavy atom. The summed E-state index contributed by atoms with van der Waals surface area (Å²) < 4.78 is 161. The first-order valence-electron chi connectivity index (χ1n) is 18.8. The molecule has 13 nitrogen and oxygen atoms in total. The largest absolute Gasteiger partial charge is 0.344 e. The lowest BCUT2D eigenvalue weighted by Gasteiger charge is -2.24. The summed E-state index contributed by atoms with van der Waals surface area (Å²) in [7, 11) is -2.62.